The molecule has 0 bridgehead atoms. The summed E-state index contributed by atoms with van der Waals surface area (Å²) >= 11 is 0. The van der Waals surface area contributed by atoms with E-state index in [2.05, 4.69) is 5.32 Å². The summed E-state index contributed by atoms with van der Waals surface area (Å²) in [6, 6.07) is 3.67. The SMILES string of the molecule is CCOC(C)CNc1cc2c(cc1N)OCCO2. The molecule has 0 amide bonds. The zero-order chi connectivity index (χ0) is 13.0. The first kappa shape index (κ1) is 12.8. The van der Waals surface area contributed by atoms with E-state index in [0.717, 1.165) is 11.4 Å². The third-order valence-electron chi connectivity index (χ3n) is 2.75. The van der Waals surface area contributed by atoms with E-state index in [1.54, 1.807) is 6.07 Å². The van der Waals surface area contributed by atoms with E-state index in [4.69, 9.17) is 19.9 Å². The minimum atomic E-state index is 0.141. The van der Waals surface area contributed by atoms with Crippen molar-refractivity contribution in [3.8, 4) is 11.5 Å². The lowest BCUT2D eigenvalue weighted by Crippen LogP contribution is -2.21. The number of benzene rings is 1. The Bertz CT molecular complexity index is 409. The van der Waals surface area contributed by atoms with Gasteiger partial charge in [-0.25, -0.2) is 0 Å². The van der Waals surface area contributed by atoms with E-state index < -0.39 is 0 Å². The van der Waals surface area contributed by atoms with Crippen LogP contribution in [0.5, 0.6) is 11.5 Å². The molecular weight excluding hydrogens is 232 g/mol. The van der Waals surface area contributed by atoms with Crippen LogP contribution in [0.3, 0.4) is 0 Å². The molecule has 0 saturated heterocycles. The van der Waals surface area contributed by atoms with Gasteiger partial charge in [0.15, 0.2) is 11.5 Å². The Morgan fingerprint density at radius 3 is 2.67 bits per heavy atom. The first-order valence-electron chi connectivity index (χ1n) is 6.25. The molecule has 1 unspecified atom stereocenters. The third-order valence-corrected chi connectivity index (χ3v) is 2.75. The average Bonchev–Trinajstić information content (AvgIpc) is 2.36. The van der Waals surface area contributed by atoms with Crippen LogP contribution in [0, 0.1) is 0 Å². The molecule has 0 aromatic heterocycles. The summed E-state index contributed by atoms with van der Waals surface area (Å²) < 4.78 is 16.4. The van der Waals surface area contributed by atoms with E-state index >= 15 is 0 Å². The summed E-state index contributed by atoms with van der Waals surface area (Å²) in [5.74, 6) is 1.45. The summed E-state index contributed by atoms with van der Waals surface area (Å²) in [4.78, 5) is 0. The Kier molecular flexibility index (Phi) is 4.15. The average molecular weight is 252 g/mol. The number of anilines is 2. The second-order valence-corrected chi connectivity index (χ2v) is 4.23. The van der Waals surface area contributed by atoms with Crippen LogP contribution in [-0.4, -0.2) is 32.5 Å². The number of nitrogens with one attached hydrogen (secondary N) is 1. The second kappa shape index (κ2) is 5.82. The van der Waals surface area contributed by atoms with Crippen molar-refractivity contribution in [3.05, 3.63) is 12.1 Å². The van der Waals surface area contributed by atoms with E-state index in [1.807, 2.05) is 19.9 Å². The molecule has 0 radical (unpaired) electrons. The molecule has 1 aromatic rings. The smallest absolute Gasteiger partial charge is 0.163 e. The summed E-state index contributed by atoms with van der Waals surface area (Å²) in [6.07, 6.45) is 0.141. The van der Waals surface area contributed by atoms with Gasteiger partial charge in [-0.3, -0.25) is 0 Å². The Morgan fingerprint density at radius 1 is 1.33 bits per heavy atom. The van der Waals surface area contributed by atoms with Crippen LogP contribution in [0.4, 0.5) is 11.4 Å². The molecule has 0 fully saturated rings. The van der Waals surface area contributed by atoms with Crippen molar-refractivity contribution in [2.24, 2.45) is 0 Å². The van der Waals surface area contributed by atoms with Crippen molar-refractivity contribution >= 4 is 11.4 Å². The van der Waals surface area contributed by atoms with Crippen LogP contribution in [0.15, 0.2) is 12.1 Å². The number of nitrogens with two attached hydrogens (primary N) is 1. The lowest BCUT2D eigenvalue weighted by molar-refractivity contribution is 0.0855. The van der Waals surface area contributed by atoms with Gasteiger partial charge < -0.3 is 25.3 Å². The maximum Gasteiger partial charge on any atom is 0.163 e. The molecule has 0 saturated carbocycles. The number of rotatable bonds is 5. The zero-order valence-corrected chi connectivity index (χ0v) is 10.9. The third kappa shape index (κ3) is 2.98. The van der Waals surface area contributed by atoms with Gasteiger partial charge in [-0.15, -0.1) is 0 Å². The van der Waals surface area contributed by atoms with Crippen molar-refractivity contribution in [1.82, 2.24) is 0 Å². The molecule has 1 heterocycles. The Hall–Kier alpha value is -1.62. The Labute approximate surface area is 107 Å². The van der Waals surface area contributed by atoms with Crippen molar-refractivity contribution < 1.29 is 14.2 Å². The molecule has 1 aliphatic heterocycles. The summed E-state index contributed by atoms with van der Waals surface area (Å²) in [5.41, 5.74) is 7.47. The van der Waals surface area contributed by atoms with E-state index in [-0.39, 0.29) is 6.10 Å². The van der Waals surface area contributed by atoms with Crippen molar-refractivity contribution in [2.75, 3.05) is 37.4 Å². The predicted molar refractivity (Wildman–Crippen MR) is 71.4 cm³/mol. The molecule has 1 aliphatic rings. The molecule has 2 rings (SSSR count). The molecule has 18 heavy (non-hydrogen) atoms. The summed E-state index contributed by atoms with van der Waals surface area (Å²) in [7, 11) is 0. The van der Waals surface area contributed by atoms with Gasteiger partial charge in [0, 0.05) is 25.3 Å². The normalized spacial score (nSPS) is 15.2. The van der Waals surface area contributed by atoms with Crippen LogP contribution in [-0.2, 0) is 4.74 Å². The van der Waals surface area contributed by atoms with Gasteiger partial charge in [0.05, 0.1) is 17.5 Å². The molecule has 100 valence electrons. The van der Waals surface area contributed by atoms with E-state index in [0.29, 0.717) is 37.8 Å². The first-order chi connectivity index (χ1) is 8.70. The Balaban J connectivity index is 2.04. The topological polar surface area (TPSA) is 65.7 Å². The van der Waals surface area contributed by atoms with E-state index in [9.17, 15) is 0 Å². The van der Waals surface area contributed by atoms with Gasteiger partial charge in [-0.05, 0) is 13.8 Å². The molecule has 1 atom stereocenters. The molecule has 1 aromatic carbocycles. The van der Waals surface area contributed by atoms with E-state index in [1.165, 1.54) is 0 Å². The Morgan fingerprint density at radius 2 is 2.00 bits per heavy atom. The lowest BCUT2D eigenvalue weighted by Gasteiger charge is -2.21. The minimum Gasteiger partial charge on any atom is -0.486 e. The number of nitrogen functional groups attached to an aromatic ring is 1. The molecular formula is C13H20N2O3. The van der Waals surface area contributed by atoms with Gasteiger partial charge in [0.2, 0.25) is 0 Å². The quantitative estimate of drug-likeness (QED) is 0.783. The largest absolute Gasteiger partial charge is 0.486 e. The molecule has 5 nitrogen and oxygen atoms in total. The highest BCUT2D eigenvalue weighted by Gasteiger charge is 2.14. The number of ether oxygens (including phenoxy) is 3. The molecule has 0 aliphatic carbocycles. The standard InChI is InChI=1S/C13H20N2O3/c1-3-16-9(2)8-15-11-7-13-12(6-10(11)14)17-4-5-18-13/h6-7,9,15H,3-5,8,14H2,1-2H3. The van der Waals surface area contributed by atoms with Crippen LogP contribution < -0.4 is 20.5 Å². The molecule has 0 spiro atoms. The maximum absolute atomic E-state index is 5.97. The van der Waals surface area contributed by atoms with Crippen LogP contribution in [0.2, 0.25) is 0 Å². The number of hydrogen-bond acceptors (Lipinski definition) is 5. The van der Waals surface area contributed by atoms with Crippen LogP contribution in [0.25, 0.3) is 0 Å². The fourth-order valence-electron chi connectivity index (χ4n) is 1.85. The van der Waals surface area contributed by atoms with Gasteiger partial charge in [-0.1, -0.05) is 0 Å². The highest BCUT2D eigenvalue weighted by molar-refractivity contribution is 5.72. The predicted octanol–water partition coefficient (Wildman–Crippen LogP) is 1.88. The highest BCUT2D eigenvalue weighted by atomic mass is 16.6. The van der Waals surface area contributed by atoms with Crippen molar-refractivity contribution in [2.45, 2.75) is 20.0 Å². The monoisotopic (exact) mass is 252 g/mol. The van der Waals surface area contributed by atoms with Crippen LogP contribution in [0.1, 0.15) is 13.8 Å². The van der Waals surface area contributed by atoms with Gasteiger partial charge >= 0.3 is 0 Å². The maximum atomic E-state index is 5.97. The first-order valence-corrected chi connectivity index (χ1v) is 6.25. The second-order valence-electron chi connectivity index (χ2n) is 4.23. The number of fused-ring (bicyclic) bond motifs is 1. The number of hydrogen-bond donors (Lipinski definition) is 2. The molecule has 3 N–H and O–H groups in total. The fourth-order valence-corrected chi connectivity index (χ4v) is 1.85. The highest BCUT2D eigenvalue weighted by Crippen LogP contribution is 2.36. The zero-order valence-electron chi connectivity index (χ0n) is 10.9. The lowest BCUT2D eigenvalue weighted by atomic mass is 10.2. The van der Waals surface area contributed by atoms with Gasteiger partial charge in [0.1, 0.15) is 13.2 Å². The summed E-state index contributed by atoms with van der Waals surface area (Å²) in [6.45, 7) is 6.56. The summed E-state index contributed by atoms with van der Waals surface area (Å²) in [5, 5.41) is 3.26. The van der Waals surface area contributed by atoms with Gasteiger partial charge in [-0.2, -0.15) is 0 Å². The fraction of sp³-hybridized carbons (Fsp3) is 0.538. The van der Waals surface area contributed by atoms with Gasteiger partial charge in [0.25, 0.3) is 0 Å². The van der Waals surface area contributed by atoms with Crippen molar-refractivity contribution in [1.29, 1.82) is 0 Å². The van der Waals surface area contributed by atoms with Crippen LogP contribution >= 0.6 is 0 Å². The van der Waals surface area contributed by atoms with Crippen molar-refractivity contribution in [3.63, 3.8) is 0 Å². The molecule has 5 heteroatoms. The minimum absolute atomic E-state index is 0.141.